The Hall–Kier alpha value is -2.50. The number of hydrogen-bond donors (Lipinski definition) is 0. The molecular weight excluding hydrogens is 308 g/mol. The van der Waals surface area contributed by atoms with Crippen LogP contribution in [0.25, 0.3) is 11.3 Å². The Labute approximate surface area is 142 Å². The number of carbonyl (C=O) groups excluding carboxylic acids is 1. The number of aromatic nitrogens is 1. The van der Waals surface area contributed by atoms with Crippen molar-refractivity contribution in [3.63, 3.8) is 0 Å². The van der Waals surface area contributed by atoms with Crippen molar-refractivity contribution in [2.24, 2.45) is 5.92 Å². The van der Waals surface area contributed by atoms with Crippen molar-refractivity contribution in [3.8, 4) is 22.8 Å². The second-order valence-corrected chi connectivity index (χ2v) is 6.10. The van der Waals surface area contributed by atoms with Gasteiger partial charge in [-0.05, 0) is 18.1 Å². The van der Waals surface area contributed by atoms with Crippen LogP contribution in [0.15, 0.2) is 28.8 Å². The normalized spacial score (nSPS) is 10.8. The standard InChI is InChI=1S/C18H24N2O4/c1-12(2)8-18(21)20(3)11-13-9-17(24-19-13)15-7-6-14(22-4)10-16(15)23-5/h6-7,9-10,12H,8,11H2,1-5H3. The summed E-state index contributed by atoms with van der Waals surface area (Å²) in [6, 6.07) is 7.30. The fourth-order valence-corrected chi connectivity index (χ4v) is 2.35. The first-order valence-corrected chi connectivity index (χ1v) is 7.86. The van der Waals surface area contributed by atoms with Crippen LogP contribution in [0.2, 0.25) is 0 Å². The summed E-state index contributed by atoms with van der Waals surface area (Å²) in [6.45, 7) is 4.46. The number of carbonyl (C=O) groups is 1. The van der Waals surface area contributed by atoms with Crippen LogP contribution in [-0.4, -0.2) is 37.2 Å². The van der Waals surface area contributed by atoms with E-state index in [1.165, 1.54) is 0 Å². The van der Waals surface area contributed by atoms with Gasteiger partial charge in [0.2, 0.25) is 5.91 Å². The fourth-order valence-electron chi connectivity index (χ4n) is 2.35. The topological polar surface area (TPSA) is 64.8 Å². The summed E-state index contributed by atoms with van der Waals surface area (Å²) >= 11 is 0. The first-order valence-electron chi connectivity index (χ1n) is 7.86. The van der Waals surface area contributed by atoms with Crippen molar-refractivity contribution in [3.05, 3.63) is 30.0 Å². The SMILES string of the molecule is COc1ccc(-c2cc(CN(C)C(=O)CC(C)C)no2)c(OC)c1. The van der Waals surface area contributed by atoms with Gasteiger partial charge in [-0.3, -0.25) is 4.79 Å². The second-order valence-electron chi connectivity index (χ2n) is 6.10. The highest BCUT2D eigenvalue weighted by molar-refractivity contribution is 5.76. The van der Waals surface area contributed by atoms with E-state index in [0.29, 0.717) is 41.8 Å². The van der Waals surface area contributed by atoms with Crippen molar-refractivity contribution in [2.45, 2.75) is 26.8 Å². The molecule has 0 radical (unpaired) electrons. The molecule has 2 rings (SSSR count). The predicted molar refractivity (Wildman–Crippen MR) is 91.0 cm³/mol. The van der Waals surface area contributed by atoms with Crippen LogP contribution < -0.4 is 9.47 Å². The highest BCUT2D eigenvalue weighted by Gasteiger charge is 2.16. The number of nitrogens with zero attached hydrogens (tertiary/aromatic N) is 2. The molecule has 0 aliphatic rings. The largest absolute Gasteiger partial charge is 0.497 e. The van der Waals surface area contributed by atoms with Gasteiger partial charge in [-0.15, -0.1) is 0 Å². The summed E-state index contributed by atoms with van der Waals surface area (Å²) in [7, 11) is 4.96. The lowest BCUT2D eigenvalue weighted by Crippen LogP contribution is -2.27. The predicted octanol–water partition coefficient (Wildman–Crippen LogP) is 3.36. The lowest BCUT2D eigenvalue weighted by Gasteiger charge is -2.16. The van der Waals surface area contributed by atoms with Crippen molar-refractivity contribution in [1.29, 1.82) is 0 Å². The van der Waals surface area contributed by atoms with Crippen LogP contribution >= 0.6 is 0 Å². The molecule has 6 heteroatoms. The van der Waals surface area contributed by atoms with Gasteiger partial charge in [0.1, 0.15) is 17.2 Å². The molecule has 0 atom stereocenters. The zero-order chi connectivity index (χ0) is 17.7. The highest BCUT2D eigenvalue weighted by Crippen LogP contribution is 2.33. The van der Waals surface area contributed by atoms with Crippen LogP contribution in [0.4, 0.5) is 0 Å². The maximum Gasteiger partial charge on any atom is 0.222 e. The molecule has 0 N–H and O–H groups in total. The first kappa shape index (κ1) is 17.8. The van der Waals surface area contributed by atoms with Crippen LogP contribution in [0.5, 0.6) is 11.5 Å². The quantitative estimate of drug-likeness (QED) is 0.778. The van der Waals surface area contributed by atoms with Crippen LogP contribution in [0.3, 0.4) is 0 Å². The van der Waals surface area contributed by atoms with E-state index < -0.39 is 0 Å². The smallest absolute Gasteiger partial charge is 0.222 e. The van der Waals surface area contributed by atoms with Gasteiger partial charge in [-0.1, -0.05) is 19.0 Å². The van der Waals surface area contributed by atoms with E-state index in [2.05, 4.69) is 5.16 Å². The van der Waals surface area contributed by atoms with Gasteiger partial charge in [0.15, 0.2) is 5.76 Å². The maximum atomic E-state index is 12.0. The molecule has 0 unspecified atom stereocenters. The molecule has 0 saturated heterocycles. The Morgan fingerprint density at radius 3 is 2.62 bits per heavy atom. The molecule has 6 nitrogen and oxygen atoms in total. The van der Waals surface area contributed by atoms with Crippen molar-refractivity contribution < 1.29 is 18.8 Å². The third-order valence-corrected chi connectivity index (χ3v) is 3.64. The second kappa shape index (κ2) is 7.86. The Morgan fingerprint density at radius 2 is 2.00 bits per heavy atom. The monoisotopic (exact) mass is 332 g/mol. The molecule has 0 fully saturated rings. The Balaban J connectivity index is 2.15. The molecule has 1 amide bonds. The van der Waals surface area contributed by atoms with E-state index in [0.717, 1.165) is 5.56 Å². The molecule has 24 heavy (non-hydrogen) atoms. The zero-order valence-corrected chi connectivity index (χ0v) is 14.8. The molecule has 0 bridgehead atoms. The van der Waals surface area contributed by atoms with Gasteiger partial charge in [0.05, 0.1) is 26.3 Å². The van der Waals surface area contributed by atoms with Crippen LogP contribution in [0.1, 0.15) is 26.0 Å². The van der Waals surface area contributed by atoms with Gasteiger partial charge < -0.3 is 18.9 Å². The minimum Gasteiger partial charge on any atom is -0.497 e. The van der Waals surface area contributed by atoms with Gasteiger partial charge in [-0.2, -0.15) is 0 Å². The summed E-state index contributed by atoms with van der Waals surface area (Å²) in [4.78, 5) is 13.7. The third-order valence-electron chi connectivity index (χ3n) is 3.64. The number of amides is 1. The van der Waals surface area contributed by atoms with E-state index >= 15 is 0 Å². The molecule has 0 aliphatic heterocycles. The molecule has 0 spiro atoms. The van der Waals surface area contributed by atoms with Crippen molar-refractivity contribution in [2.75, 3.05) is 21.3 Å². The highest BCUT2D eigenvalue weighted by atomic mass is 16.5. The third kappa shape index (κ3) is 4.28. The molecule has 2 aromatic rings. The Morgan fingerprint density at radius 1 is 1.25 bits per heavy atom. The first-order chi connectivity index (χ1) is 11.4. The average molecular weight is 332 g/mol. The number of hydrogen-bond acceptors (Lipinski definition) is 5. The molecule has 1 aromatic carbocycles. The summed E-state index contributed by atoms with van der Waals surface area (Å²) in [6.07, 6.45) is 0.521. The van der Waals surface area contributed by atoms with E-state index in [9.17, 15) is 4.79 Å². The van der Waals surface area contributed by atoms with Crippen LogP contribution in [-0.2, 0) is 11.3 Å². The molecule has 0 aliphatic carbocycles. The minimum atomic E-state index is 0.0941. The molecule has 1 aromatic heterocycles. The summed E-state index contributed by atoms with van der Waals surface area (Å²) in [5, 5.41) is 4.06. The maximum absolute atomic E-state index is 12.0. The van der Waals surface area contributed by atoms with Crippen molar-refractivity contribution >= 4 is 5.91 Å². The van der Waals surface area contributed by atoms with Crippen molar-refractivity contribution in [1.82, 2.24) is 10.1 Å². The van der Waals surface area contributed by atoms with E-state index in [1.807, 2.05) is 32.0 Å². The number of methoxy groups -OCH3 is 2. The minimum absolute atomic E-state index is 0.0941. The zero-order valence-electron chi connectivity index (χ0n) is 14.8. The molecule has 130 valence electrons. The fraction of sp³-hybridized carbons (Fsp3) is 0.444. The summed E-state index contributed by atoms with van der Waals surface area (Å²) < 4.78 is 16.0. The Kier molecular flexibility index (Phi) is 5.84. The molecule has 0 saturated carbocycles. The van der Waals surface area contributed by atoms with Gasteiger partial charge in [0.25, 0.3) is 0 Å². The molecule has 1 heterocycles. The summed E-state index contributed by atoms with van der Waals surface area (Å²) in [5.74, 6) is 2.36. The van der Waals surface area contributed by atoms with Crippen LogP contribution in [0, 0.1) is 5.92 Å². The van der Waals surface area contributed by atoms with Gasteiger partial charge in [-0.25, -0.2) is 0 Å². The van der Waals surface area contributed by atoms with E-state index in [-0.39, 0.29) is 5.91 Å². The lowest BCUT2D eigenvalue weighted by molar-refractivity contribution is -0.131. The lowest BCUT2D eigenvalue weighted by atomic mass is 10.1. The number of ether oxygens (including phenoxy) is 2. The van der Waals surface area contributed by atoms with E-state index in [4.69, 9.17) is 14.0 Å². The van der Waals surface area contributed by atoms with Gasteiger partial charge >= 0.3 is 0 Å². The Bertz CT molecular complexity index is 694. The summed E-state index contributed by atoms with van der Waals surface area (Å²) in [5.41, 5.74) is 1.48. The number of rotatable bonds is 7. The number of benzene rings is 1. The average Bonchev–Trinajstić information content (AvgIpc) is 3.01. The van der Waals surface area contributed by atoms with Gasteiger partial charge in [0, 0.05) is 25.6 Å². The van der Waals surface area contributed by atoms with E-state index in [1.54, 1.807) is 32.2 Å². The molecular formula is C18H24N2O4.